The maximum Gasteiger partial charge on any atom is 0.203 e. The normalized spacial score (nSPS) is 9.73. The van der Waals surface area contributed by atoms with Crippen LogP contribution < -0.4 is 18.9 Å². The van der Waals surface area contributed by atoms with Gasteiger partial charge in [-0.2, -0.15) is 5.26 Å². The summed E-state index contributed by atoms with van der Waals surface area (Å²) in [6.45, 7) is 0.325. The molecule has 0 amide bonds. The number of ether oxygens (including phenoxy) is 4. The zero-order chi connectivity index (χ0) is 15.9. The molecule has 0 unspecified atom stereocenters. The van der Waals surface area contributed by atoms with E-state index in [1.54, 1.807) is 45.6 Å². The van der Waals surface area contributed by atoms with Crippen LogP contribution in [0, 0.1) is 11.3 Å². The molecule has 0 fully saturated rings. The molecule has 5 nitrogen and oxygen atoms in total. The minimum Gasteiger partial charge on any atom is -0.493 e. The van der Waals surface area contributed by atoms with Crippen molar-refractivity contribution in [3.05, 3.63) is 47.5 Å². The molecule has 0 aliphatic heterocycles. The molecule has 22 heavy (non-hydrogen) atoms. The van der Waals surface area contributed by atoms with Crippen molar-refractivity contribution in [2.24, 2.45) is 0 Å². The largest absolute Gasteiger partial charge is 0.493 e. The van der Waals surface area contributed by atoms with Crippen molar-refractivity contribution < 1.29 is 18.9 Å². The molecule has 5 heteroatoms. The van der Waals surface area contributed by atoms with E-state index in [1.165, 1.54) is 0 Å². The van der Waals surface area contributed by atoms with E-state index in [9.17, 15) is 0 Å². The molecule has 2 rings (SSSR count). The topological polar surface area (TPSA) is 60.7 Å². The highest BCUT2D eigenvalue weighted by atomic mass is 16.5. The minimum absolute atomic E-state index is 0.325. The molecule has 0 atom stereocenters. The number of hydrogen-bond donors (Lipinski definition) is 0. The highest BCUT2D eigenvalue weighted by molar-refractivity contribution is 5.53. The second-order valence-corrected chi connectivity index (χ2v) is 4.46. The Morgan fingerprint density at radius 1 is 0.955 bits per heavy atom. The Labute approximate surface area is 129 Å². The molecule has 2 aromatic carbocycles. The number of hydrogen-bond acceptors (Lipinski definition) is 5. The molecular weight excluding hydrogens is 282 g/mol. The van der Waals surface area contributed by atoms with Crippen LogP contribution in [0.5, 0.6) is 23.0 Å². The van der Waals surface area contributed by atoms with Crippen molar-refractivity contribution in [2.45, 2.75) is 6.61 Å². The fourth-order valence-corrected chi connectivity index (χ4v) is 2.04. The SMILES string of the molecule is COc1cc(COc2cccc(C#N)c2)cc(OC)c1OC. The molecule has 0 heterocycles. The van der Waals surface area contributed by atoms with Crippen molar-refractivity contribution in [2.75, 3.05) is 21.3 Å². The lowest BCUT2D eigenvalue weighted by molar-refractivity contribution is 0.298. The second kappa shape index (κ2) is 7.23. The van der Waals surface area contributed by atoms with E-state index in [1.807, 2.05) is 12.1 Å². The fraction of sp³-hybridized carbons (Fsp3) is 0.235. The van der Waals surface area contributed by atoms with Crippen molar-refractivity contribution in [1.29, 1.82) is 5.26 Å². The maximum absolute atomic E-state index is 8.89. The summed E-state index contributed by atoms with van der Waals surface area (Å²) in [5, 5.41) is 8.89. The molecule has 0 aliphatic carbocycles. The zero-order valence-electron chi connectivity index (χ0n) is 12.8. The minimum atomic E-state index is 0.325. The van der Waals surface area contributed by atoms with Gasteiger partial charge in [0.05, 0.1) is 33.0 Å². The summed E-state index contributed by atoms with van der Waals surface area (Å²) in [5.74, 6) is 2.32. The van der Waals surface area contributed by atoms with Gasteiger partial charge in [0.2, 0.25) is 5.75 Å². The van der Waals surface area contributed by atoms with E-state index in [2.05, 4.69) is 6.07 Å². The van der Waals surface area contributed by atoms with Crippen LogP contribution in [-0.4, -0.2) is 21.3 Å². The van der Waals surface area contributed by atoms with Crippen LogP contribution in [0.25, 0.3) is 0 Å². The van der Waals surface area contributed by atoms with E-state index >= 15 is 0 Å². The Hall–Kier alpha value is -2.87. The lowest BCUT2D eigenvalue weighted by Gasteiger charge is -2.14. The molecular formula is C17H17NO4. The van der Waals surface area contributed by atoms with E-state index in [4.69, 9.17) is 24.2 Å². The summed E-state index contributed by atoms with van der Waals surface area (Å²) in [4.78, 5) is 0. The van der Waals surface area contributed by atoms with Crippen LogP contribution in [0.2, 0.25) is 0 Å². The van der Waals surface area contributed by atoms with Gasteiger partial charge < -0.3 is 18.9 Å². The van der Waals surface area contributed by atoms with Crippen LogP contribution >= 0.6 is 0 Å². The molecule has 114 valence electrons. The van der Waals surface area contributed by atoms with Gasteiger partial charge in [-0.05, 0) is 35.9 Å². The molecule has 0 saturated heterocycles. The maximum atomic E-state index is 8.89. The Morgan fingerprint density at radius 3 is 2.18 bits per heavy atom. The smallest absolute Gasteiger partial charge is 0.203 e. The predicted molar refractivity (Wildman–Crippen MR) is 81.6 cm³/mol. The average molecular weight is 299 g/mol. The van der Waals surface area contributed by atoms with Gasteiger partial charge in [-0.3, -0.25) is 0 Å². The Balaban J connectivity index is 2.20. The standard InChI is InChI=1S/C17H17NO4/c1-19-15-8-13(9-16(20-2)17(15)21-3)11-22-14-6-4-5-12(7-14)10-18/h4-9H,11H2,1-3H3. The van der Waals surface area contributed by atoms with Gasteiger partial charge in [-0.15, -0.1) is 0 Å². The molecule has 0 bridgehead atoms. The monoisotopic (exact) mass is 299 g/mol. The summed E-state index contributed by atoms with van der Waals surface area (Å²) in [6.07, 6.45) is 0. The lowest BCUT2D eigenvalue weighted by Crippen LogP contribution is -2.00. The van der Waals surface area contributed by atoms with Crippen LogP contribution in [0.4, 0.5) is 0 Å². The van der Waals surface area contributed by atoms with Crippen LogP contribution in [0.1, 0.15) is 11.1 Å². The first kappa shape index (κ1) is 15.5. The first-order chi connectivity index (χ1) is 10.7. The van der Waals surface area contributed by atoms with Crippen LogP contribution in [0.3, 0.4) is 0 Å². The molecule has 2 aromatic rings. The third-order valence-electron chi connectivity index (χ3n) is 3.09. The molecule has 0 radical (unpaired) electrons. The molecule has 0 saturated carbocycles. The summed E-state index contributed by atoms with van der Waals surface area (Å²) in [7, 11) is 4.70. The highest BCUT2D eigenvalue weighted by Gasteiger charge is 2.13. The summed E-state index contributed by atoms with van der Waals surface area (Å²) >= 11 is 0. The third kappa shape index (κ3) is 3.41. The van der Waals surface area contributed by atoms with Crippen LogP contribution in [0.15, 0.2) is 36.4 Å². The van der Waals surface area contributed by atoms with Gasteiger partial charge in [-0.25, -0.2) is 0 Å². The Morgan fingerprint density at radius 2 is 1.64 bits per heavy atom. The number of methoxy groups -OCH3 is 3. The van der Waals surface area contributed by atoms with Crippen molar-refractivity contribution in [1.82, 2.24) is 0 Å². The predicted octanol–water partition coefficient (Wildman–Crippen LogP) is 3.16. The van der Waals surface area contributed by atoms with Gasteiger partial charge in [0.1, 0.15) is 12.4 Å². The van der Waals surface area contributed by atoms with Crippen molar-refractivity contribution in [3.63, 3.8) is 0 Å². The van der Waals surface area contributed by atoms with Crippen LogP contribution in [-0.2, 0) is 6.61 Å². The van der Waals surface area contributed by atoms with E-state index in [0.717, 1.165) is 5.56 Å². The number of rotatable bonds is 6. The quantitative estimate of drug-likeness (QED) is 0.820. The zero-order valence-corrected chi connectivity index (χ0v) is 12.8. The van der Waals surface area contributed by atoms with Crippen molar-refractivity contribution >= 4 is 0 Å². The number of nitriles is 1. The molecule has 0 spiro atoms. The molecule has 0 aliphatic rings. The number of nitrogens with zero attached hydrogens (tertiary/aromatic N) is 1. The first-order valence-electron chi connectivity index (χ1n) is 6.63. The average Bonchev–Trinajstić information content (AvgIpc) is 2.58. The summed E-state index contributed by atoms with van der Waals surface area (Å²) < 4.78 is 21.6. The number of benzene rings is 2. The first-order valence-corrected chi connectivity index (χ1v) is 6.63. The van der Waals surface area contributed by atoms with Crippen molar-refractivity contribution in [3.8, 4) is 29.1 Å². The third-order valence-corrected chi connectivity index (χ3v) is 3.09. The van der Waals surface area contributed by atoms with Gasteiger partial charge >= 0.3 is 0 Å². The Bertz CT molecular complexity index is 666. The molecule has 0 aromatic heterocycles. The van der Waals surface area contributed by atoms with E-state index in [-0.39, 0.29) is 0 Å². The summed E-state index contributed by atoms with van der Waals surface area (Å²) in [5.41, 5.74) is 1.43. The lowest BCUT2D eigenvalue weighted by atomic mass is 10.2. The molecule has 0 N–H and O–H groups in total. The Kier molecular flexibility index (Phi) is 5.10. The fourth-order valence-electron chi connectivity index (χ4n) is 2.04. The second-order valence-electron chi connectivity index (χ2n) is 4.46. The van der Waals surface area contributed by atoms with Gasteiger partial charge in [0.15, 0.2) is 11.5 Å². The van der Waals surface area contributed by atoms with E-state index in [0.29, 0.717) is 35.2 Å². The van der Waals surface area contributed by atoms with Gasteiger partial charge in [-0.1, -0.05) is 6.07 Å². The van der Waals surface area contributed by atoms with Gasteiger partial charge in [0, 0.05) is 0 Å². The van der Waals surface area contributed by atoms with Gasteiger partial charge in [0.25, 0.3) is 0 Å². The summed E-state index contributed by atoms with van der Waals surface area (Å²) in [6, 6.07) is 12.7. The van der Waals surface area contributed by atoms with E-state index < -0.39 is 0 Å². The highest BCUT2D eigenvalue weighted by Crippen LogP contribution is 2.38.